The van der Waals surface area contributed by atoms with E-state index in [0.29, 0.717) is 11.6 Å². The SMILES string of the molecule is CCCN(CC(C)O)S(=O)(=O)C1Sc2ccc(Cl)cc2C1C. The highest BCUT2D eigenvalue weighted by molar-refractivity contribution is 8.13. The minimum Gasteiger partial charge on any atom is -0.392 e. The highest BCUT2D eigenvalue weighted by atomic mass is 35.5. The first-order valence-electron chi connectivity index (χ1n) is 7.40. The third-order valence-electron chi connectivity index (χ3n) is 3.71. The van der Waals surface area contributed by atoms with E-state index in [4.69, 9.17) is 11.6 Å². The molecule has 0 aliphatic carbocycles. The molecule has 1 heterocycles. The van der Waals surface area contributed by atoms with Gasteiger partial charge in [0.15, 0.2) is 0 Å². The van der Waals surface area contributed by atoms with E-state index in [-0.39, 0.29) is 12.5 Å². The van der Waals surface area contributed by atoms with Gasteiger partial charge in [0.2, 0.25) is 10.0 Å². The van der Waals surface area contributed by atoms with Gasteiger partial charge in [0, 0.05) is 28.9 Å². The first kappa shape index (κ1) is 18.1. The van der Waals surface area contributed by atoms with Gasteiger partial charge in [-0.05, 0) is 37.1 Å². The van der Waals surface area contributed by atoms with Crippen molar-refractivity contribution in [3.63, 3.8) is 0 Å². The number of hydrogen-bond donors (Lipinski definition) is 1. The quantitative estimate of drug-likeness (QED) is 0.842. The van der Waals surface area contributed by atoms with Crippen molar-refractivity contribution in [2.45, 2.75) is 48.7 Å². The zero-order valence-electron chi connectivity index (χ0n) is 13.0. The minimum absolute atomic E-state index is 0.128. The van der Waals surface area contributed by atoms with Gasteiger partial charge in [-0.1, -0.05) is 25.4 Å². The van der Waals surface area contributed by atoms with Crippen LogP contribution in [0.2, 0.25) is 5.02 Å². The van der Waals surface area contributed by atoms with E-state index in [0.717, 1.165) is 16.9 Å². The molecule has 0 saturated carbocycles. The molecule has 1 aliphatic heterocycles. The highest BCUT2D eigenvalue weighted by Gasteiger charge is 2.42. The number of fused-ring (bicyclic) bond motifs is 1. The Morgan fingerprint density at radius 1 is 1.45 bits per heavy atom. The van der Waals surface area contributed by atoms with Crippen molar-refractivity contribution >= 4 is 33.4 Å². The standard InChI is InChI=1S/C15H22ClNO3S2/c1-4-7-17(9-10(2)18)22(19,20)15-11(3)13-8-12(16)5-6-14(13)21-15/h5-6,8,10-11,15,18H,4,7,9H2,1-3H3. The van der Waals surface area contributed by atoms with Crippen molar-refractivity contribution in [3.05, 3.63) is 28.8 Å². The van der Waals surface area contributed by atoms with Crippen molar-refractivity contribution in [1.82, 2.24) is 4.31 Å². The number of halogens is 1. The van der Waals surface area contributed by atoms with Crippen LogP contribution < -0.4 is 0 Å². The lowest BCUT2D eigenvalue weighted by molar-refractivity contribution is 0.163. The summed E-state index contributed by atoms with van der Waals surface area (Å²) in [6, 6.07) is 5.52. The van der Waals surface area contributed by atoms with Gasteiger partial charge in [-0.25, -0.2) is 8.42 Å². The molecule has 0 aromatic heterocycles. The maximum absolute atomic E-state index is 13.0. The van der Waals surface area contributed by atoms with Gasteiger partial charge in [-0.3, -0.25) is 0 Å². The van der Waals surface area contributed by atoms with Crippen molar-refractivity contribution in [1.29, 1.82) is 0 Å². The molecule has 1 aliphatic rings. The number of benzene rings is 1. The fraction of sp³-hybridized carbons (Fsp3) is 0.600. The number of hydrogen-bond acceptors (Lipinski definition) is 4. The van der Waals surface area contributed by atoms with Gasteiger partial charge in [0.05, 0.1) is 6.10 Å². The Morgan fingerprint density at radius 3 is 2.73 bits per heavy atom. The maximum atomic E-state index is 13.0. The van der Waals surface area contributed by atoms with Crippen LogP contribution in [0.3, 0.4) is 0 Å². The van der Waals surface area contributed by atoms with Crippen LogP contribution in [0.1, 0.15) is 38.7 Å². The van der Waals surface area contributed by atoms with Crippen LogP contribution in [-0.2, 0) is 10.0 Å². The first-order chi connectivity index (χ1) is 10.3. The molecule has 4 nitrogen and oxygen atoms in total. The summed E-state index contributed by atoms with van der Waals surface area (Å²) in [5, 5.41) is 10.2. The molecule has 1 aromatic carbocycles. The Balaban J connectivity index is 2.30. The largest absolute Gasteiger partial charge is 0.392 e. The lowest BCUT2D eigenvalue weighted by atomic mass is 10.0. The predicted octanol–water partition coefficient (Wildman–Crippen LogP) is 3.30. The number of thioether (sulfide) groups is 1. The van der Waals surface area contributed by atoms with E-state index in [1.807, 2.05) is 26.0 Å². The minimum atomic E-state index is -3.49. The molecule has 0 saturated heterocycles. The molecule has 0 amide bonds. The zero-order chi connectivity index (χ0) is 16.5. The number of nitrogens with zero attached hydrogens (tertiary/aromatic N) is 1. The van der Waals surface area contributed by atoms with Gasteiger partial charge in [-0.15, -0.1) is 11.8 Å². The molecule has 1 aromatic rings. The summed E-state index contributed by atoms with van der Waals surface area (Å²) in [7, 11) is -3.49. The van der Waals surface area contributed by atoms with Crippen LogP contribution in [0.4, 0.5) is 0 Å². The van der Waals surface area contributed by atoms with Crippen molar-refractivity contribution in [2.75, 3.05) is 13.1 Å². The van der Waals surface area contributed by atoms with Crippen LogP contribution in [0.5, 0.6) is 0 Å². The second kappa shape index (κ2) is 7.09. The lowest BCUT2D eigenvalue weighted by Gasteiger charge is -2.27. The second-order valence-corrected chi connectivity index (χ2v) is 9.68. The topological polar surface area (TPSA) is 57.6 Å². The average molecular weight is 364 g/mol. The molecule has 2 rings (SSSR count). The number of sulfonamides is 1. The van der Waals surface area contributed by atoms with Crippen LogP contribution in [0.15, 0.2) is 23.1 Å². The first-order valence-corrected chi connectivity index (χ1v) is 10.2. The van der Waals surface area contributed by atoms with E-state index >= 15 is 0 Å². The van der Waals surface area contributed by atoms with Gasteiger partial charge in [0.1, 0.15) is 4.58 Å². The predicted molar refractivity (Wildman–Crippen MR) is 92.0 cm³/mol. The molecule has 0 spiro atoms. The Bertz CT molecular complexity index is 634. The summed E-state index contributed by atoms with van der Waals surface area (Å²) < 4.78 is 26.8. The lowest BCUT2D eigenvalue weighted by Crippen LogP contribution is -2.42. The van der Waals surface area contributed by atoms with Gasteiger partial charge >= 0.3 is 0 Å². The van der Waals surface area contributed by atoms with E-state index in [1.165, 1.54) is 16.1 Å². The number of aliphatic hydroxyl groups excluding tert-OH is 1. The average Bonchev–Trinajstić information content (AvgIpc) is 2.76. The second-order valence-electron chi connectivity index (χ2n) is 5.71. The fourth-order valence-electron chi connectivity index (χ4n) is 2.69. The molecule has 22 heavy (non-hydrogen) atoms. The van der Waals surface area contributed by atoms with Gasteiger partial charge in [-0.2, -0.15) is 4.31 Å². The Labute approximate surface area is 141 Å². The molecule has 1 N–H and O–H groups in total. The van der Waals surface area contributed by atoms with E-state index in [1.54, 1.807) is 13.0 Å². The molecule has 0 radical (unpaired) electrons. The molecule has 0 bridgehead atoms. The van der Waals surface area contributed by atoms with Crippen molar-refractivity contribution < 1.29 is 13.5 Å². The van der Waals surface area contributed by atoms with Crippen LogP contribution >= 0.6 is 23.4 Å². The Hall–Kier alpha value is -0.270. The fourth-order valence-corrected chi connectivity index (χ4v) is 6.98. The Kier molecular flexibility index (Phi) is 5.83. The van der Waals surface area contributed by atoms with Gasteiger partial charge in [0.25, 0.3) is 0 Å². The molecule has 0 fully saturated rings. The van der Waals surface area contributed by atoms with E-state index in [9.17, 15) is 13.5 Å². The summed E-state index contributed by atoms with van der Waals surface area (Å²) >= 11 is 7.40. The zero-order valence-corrected chi connectivity index (χ0v) is 15.4. The van der Waals surface area contributed by atoms with Crippen molar-refractivity contribution in [3.8, 4) is 0 Å². The summed E-state index contributed by atoms with van der Waals surface area (Å²) in [5.41, 5.74) is 0.986. The monoisotopic (exact) mass is 363 g/mol. The van der Waals surface area contributed by atoms with Crippen LogP contribution in [0, 0.1) is 0 Å². The molecule has 3 atom stereocenters. The van der Waals surface area contributed by atoms with Crippen molar-refractivity contribution in [2.24, 2.45) is 0 Å². The highest BCUT2D eigenvalue weighted by Crippen LogP contribution is 2.48. The molecule has 3 unspecified atom stereocenters. The summed E-state index contributed by atoms with van der Waals surface area (Å²) in [6.45, 7) is 6.03. The van der Waals surface area contributed by atoms with Crippen LogP contribution in [0.25, 0.3) is 0 Å². The molecular weight excluding hydrogens is 342 g/mol. The normalized spacial score (nSPS) is 22.8. The van der Waals surface area contributed by atoms with E-state index < -0.39 is 20.7 Å². The molecule has 7 heteroatoms. The van der Waals surface area contributed by atoms with Gasteiger partial charge < -0.3 is 5.11 Å². The summed E-state index contributed by atoms with van der Waals surface area (Å²) in [5.74, 6) is -0.128. The molecular formula is C15H22ClNO3S2. The summed E-state index contributed by atoms with van der Waals surface area (Å²) in [6.07, 6.45) is 0.0381. The maximum Gasteiger partial charge on any atom is 0.227 e. The summed E-state index contributed by atoms with van der Waals surface area (Å²) in [4.78, 5) is 0.971. The molecule has 124 valence electrons. The Morgan fingerprint density at radius 2 is 2.14 bits per heavy atom. The third kappa shape index (κ3) is 3.62. The number of aliphatic hydroxyl groups is 1. The smallest absolute Gasteiger partial charge is 0.227 e. The van der Waals surface area contributed by atoms with E-state index in [2.05, 4.69) is 0 Å². The van der Waals surface area contributed by atoms with Crippen LogP contribution in [-0.4, -0.2) is 41.6 Å². The number of rotatable bonds is 6. The third-order valence-corrected chi connectivity index (χ3v) is 8.27.